The van der Waals surface area contributed by atoms with Crippen LogP contribution in [0.25, 0.3) is 0 Å². The molecule has 0 spiro atoms. The minimum atomic E-state index is -0.620. The van der Waals surface area contributed by atoms with Gasteiger partial charge in [-0.2, -0.15) is 0 Å². The molecule has 0 aromatic carbocycles. The third kappa shape index (κ3) is 7.65. The van der Waals surface area contributed by atoms with Crippen molar-refractivity contribution in [2.45, 2.75) is 0 Å². The molecule has 0 radical (unpaired) electrons. The number of rotatable bonds is 5. The Morgan fingerprint density at radius 3 is 1.90 bits per heavy atom. The Kier molecular flexibility index (Phi) is 14.8. The molecule has 0 saturated carbocycles. The molecule has 0 fully saturated rings. The average molecular weight is 174 g/mol. The van der Waals surface area contributed by atoms with Crippen LogP contribution in [-0.4, -0.2) is 86.8 Å². The van der Waals surface area contributed by atoms with Crippen molar-refractivity contribution in [3.05, 3.63) is 0 Å². The van der Waals surface area contributed by atoms with E-state index in [0.29, 0.717) is 0 Å². The summed E-state index contributed by atoms with van der Waals surface area (Å²) in [4.78, 5) is 0. The predicted molar refractivity (Wildman–Crippen MR) is 39.9 cm³/mol. The van der Waals surface area contributed by atoms with Gasteiger partial charge in [0.1, 0.15) is 6.79 Å². The molecule has 0 aliphatic rings. The van der Waals surface area contributed by atoms with Gasteiger partial charge in [0.25, 0.3) is 0 Å². The van der Waals surface area contributed by atoms with Gasteiger partial charge in [0.2, 0.25) is 0 Å². The van der Waals surface area contributed by atoms with Crippen LogP contribution in [0.2, 0.25) is 0 Å². The van der Waals surface area contributed by atoms with Crippen molar-refractivity contribution in [3.8, 4) is 0 Å². The second-order valence-electron chi connectivity index (χ2n) is 1.33. The fourth-order valence-electron chi connectivity index (χ4n) is 0.356. The molecular weight excluding hydrogens is 162 g/mol. The van der Waals surface area contributed by atoms with Gasteiger partial charge in [-0.1, -0.05) is 0 Å². The molecule has 0 rings (SSSR count). The SMILES string of the molecule is COCOB(OC)OC.[KH]. The summed E-state index contributed by atoms with van der Waals surface area (Å²) in [6.45, 7) is 0.173. The Morgan fingerprint density at radius 2 is 1.60 bits per heavy atom. The van der Waals surface area contributed by atoms with Gasteiger partial charge in [0.05, 0.1) is 0 Å². The van der Waals surface area contributed by atoms with Crippen molar-refractivity contribution in [1.29, 1.82) is 0 Å². The van der Waals surface area contributed by atoms with Crippen LogP contribution in [0.4, 0.5) is 0 Å². The van der Waals surface area contributed by atoms with Gasteiger partial charge in [-0.3, -0.25) is 0 Å². The van der Waals surface area contributed by atoms with Gasteiger partial charge >= 0.3 is 58.7 Å². The van der Waals surface area contributed by atoms with Crippen molar-refractivity contribution in [2.75, 3.05) is 28.1 Å². The van der Waals surface area contributed by atoms with Gasteiger partial charge in [0, 0.05) is 21.3 Å². The maximum absolute atomic E-state index is 4.82. The summed E-state index contributed by atoms with van der Waals surface area (Å²) in [5, 5.41) is 0. The molecule has 0 aliphatic carbocycles. The zero-order valence-electron chi connectivity index (χ0n) is 5.92. The summed E-state index contributed by atoms with van der Waals surface area (Å²) in [5.41, 5.74) is 0. The van der Waals surface area contributed by atoms with Crippen LogP contribution in [0.3, 0.4) is 0 Å². The fraction of sp³-hybridized carbons (Fsp3) is 1.00. The molecule has 0 atom stereocenters. The van der Waals surface area contributed by atoms with Crippen molar-refractivity contribution < 1.29 is 18.7 Å². The van der Waals surface area contributed by atoms with E-state index in [2.05, 4.69) is 14.0 Å². The Morgan fingerprint density at radius 1 is 1.10 bits per heavy atom. The Bertz CT molecular complexity index is 61.2. The molecular formula is C4H12BKO4. The van der Waals surface area contributed by atoms with E-state index >= 15 is 0 Å². The number of hydrogen-bond donors (Lipinski definition) is 0. The molecule has 0 aromatic heterocycles. The molecule has 0 aromatic rings. The van der Waals surface area contributed by atoms with Gasteiger partial charge in [-0.05, 0) is 0 Å². The standard InChI is InChI=1S/C4H11BO4.K.H/c1-6-4-9-5(7-2)8-3;;/h4H2,1-3H3;;. The summed E-state index contributed by atoms with van der Waals surface area (Å²) in [7, 11) is 3.89. The van der Waals surface area contributed by atoms with Crippen LogP contribution in [0, 0.1) is 0 Å². The zero-order valence-corrected chi connectivity index (χ0v) is 5.92. The summed E-state index contributed by atoms with van der Waals surface area (Å²) >= 11 is 0. The fourth-order valence-corrected chi connectivity index (χ4v) is 0.356. The molecule has 10 heavy (non-hydrogen) atoms. The molecule has 0 heterocycles. The summed E-state index contributed by atoms with van der Waals surface area (Å²) in [5.74, 6) is 0. The molecule has 0 bridgehead atoms. The Labute approximate surface area is 104 Å². The molecule has 0 saturated heterocycles. The van der Waals surface area contributed by atoms with Crippen LogP contribution in [-0.2, 0) is 18.7 Å². The Hall–Kier alpha value is 1.54. The molecule has 6 heteroatoms. The first-order chi connectivity index (χ1) is 4.35. The van der Waals surface area contributed by atoms with E-state index < -0.39 is 7.32 Å². The van der Waals surface area contributed by atoms with Crippen molar-refractivity contribution in [1.82, 2.24) is 0 Å². The van der Waals surface area contributed by atoms with E-state index in [1.807, 2.05) is 0 Å². The van der Waals surface area contributed by atoms with E-state index in [-0.39, 0.29) is 58.2 Å². The number of ether oxygens (including phenoxy) is 1. The van der Waals surface area contributed by atoms with E-state index in [0.717, 1.165) is 0 Å². The van der Waals surface area contributed by atoms with Crippen molar-refractivity contribution >= 4 is 58.7 Å². The van der Waals surface area contributed by atoms with Crippen LogP contribution >= 0.6 is 0 Å². The third-order valence-electron chi connectivity index (χ3n) is 0.707. The summed E-state index contributed by atoms with van der Waals surface area (Å²) < 4.78 is 18.8. The normalized spacial score (nSPS) is 8.70. The monoisotopic (exact) mass is 174 g/mol. The van der Waals surface area contributed by atoms with Crippen molar-refractivity contribution in [3.63, 3.8) is 0 Å². The van der Waals surface area contributed by atoms with Gasteiger partial charge in [-0.15, -0.1) is 0 Å². The van der Waals surface area contributed by atoms with Crippen LogP contribution < -0.4 is 0 Å². The number of methoxy groups -OCH3 is 1. The molecule has 4 nitrogen and oxygen atoms in total. The van der Waals surface area contributed by atoms with Gasteiger partial charge in [-0.25, -0.2) is 0 Å². The van der Waals surface area contributed by atoms with Crippen LogP contribution in [0.1, 0.15) is 0 Å². The maximum atomic E-state index is 4.82. The molecule has 0 unspecified atom stereocenters. The zero-order chi connectivity index (χ0) is 7.11. The third-order valence-corrected chi connectivity index (χ3v) is 0.707. The molecule has 56 valence electrons. The van der Waals surface area contributed by atoms with E-state index in [1.54, 1.807) is 0 Å². The van der Waals surface area contributed by atoms with E-state index in [4.69, 9.17) is 4.65 Å². The average Bonchev–Trinajstić information content (AvgIpc) is 1.91. The van der Waals surface area contributed by atoms with Gasteiger partial charge < -0.3 is 18.7 Å². The summed E-state index contributed by atoms with van der Waals surface area (Å²) in [6.07, 6.45) is 0. The second kappa shape index (κ2) is 10.5. The van der Waals surface area contributed by atoms with E-state index in [1.165, 1.54) is 21.3 Å². The first-order valence-electron chi connectivity index (χ1n) is 2.51. The first kappa shape index (κ1) is 14.1. The molecule has 0 aliphatic heterocycles. The van der Waals surface area contributed by atoms with Crippen LogP contribution in [0.5, 0.6) is 0 Å². The minimum absolute atomic E-state index is 0. The van der Waals surface area contributed by atoms with Gasteiger partial charge in [0.15, 0.2) is 0 Å². The van der Waals surface area contributed by atoms with E-state index in [9.17, 15) is 0 Å². The van der Waals surface area contributed by atoms with Crippen molar-refractivity contribution in [2.24, 2.45) is 0 Å². The van der Waals surface area contributed by atoms with Crippen LogP contribution in [0.15, 0.2) is 0 Å². The quantitative estimate of drug-likeness (QED) is 0.405. The molecule has 0 N–H and O–H groups in total. The predicted octanol–water partition coefficient (Wildman–Crippen LogP) is -0.764. The number of hydrogen-bond acceptors (Lipinski definition) is 4. The Balaban J connectivity index is 0. The summed E-state index contributed by atoms with van der Waals surface area (Å²) in [6, 6.07) is 0. The first-order valence-corrected chi connectivity index (χ1v) is 2.51. The second-order valence-corrected chi connectivity index (χ2v) is 1.33. The molecule has 0 amide bonds. The topological polar surface area (TPSA) is 36.9 Å².